The van der Waals surface area contributed by atoms with Crippen LogP contribution < -0.4 is 15.2 Å². The molecule has 3 rings (SSSR count). The maximum absolute atomic E-state index is 13.3. The van der Waals surface area contributed by atoms with Gasteiger partial charge in [-0.05, 0) is 57.9 Å². The van der Waals surface area contributed by atoms with Crippen molar-refractivity contribution in [1.29, 1.82) is 0 Å². The Kier molecular flexibility index (Phi) is 4.78. The first-order chi connectivity index (χ1) is 11.9. The van der Waals surface area contributed by atoms with Crippen LogP contribution >= 0.6 is 27.5 Å². The highest BCUT2D eigenvalue weighted by Crippen LogP contribution is 2.28. The molecule has 1 aliphatic heterocycles. The number of benzene rings is 2. The number of carbonyl (C=O) groups is 2. The highest BCUT2D eigenvalue weighted by molar-refractivity contribution is 9.10. The van der Waals surface area contributed by atoms with Crippen LogP contribution in [0.15, 0.2) is 46.4 Å². The fourth-order valence-corrected chi connectivity index (χ4v) is 3.04. The van der Waals surface area contributed by atoms with Crippen LogP contribution in [0.5, 0.6) is 5.75 Å². The lowest BCUT2D eigenvalue weighted by Gasteiger charge is -2.14. The number of ether oxygens (including phenoxy) is 1. The van der Waals surface area contributed by atoms with E-state index in [0.717, 1.165) is 11.1 Å². The number of rotatable bonds is 3. The third kappa shape index (κ3) is 3.38. The lowest BCUT2D eigenvalue weighted by atomic mass is 10.1. The molecule has 0 unspecified atom stereocenters. The van der Waals surface area contributed by atoms with E-state index in [2.05, 4.69) is 21.4 Å². The number of hydrogen-bond donors (Lipinski definition) is 1. The molecule has 2 amide bonds. The molecule has 0 radical (unpaired) electrons. The standard InChI is InChI=1S/C17H11BrClFN2O3/c1-25-15-5-2-9(7-12(15)18)6-11-16(23)21-22(17(11)24)10-3-4-14(20)13(19)8-10/h2-8H,1H3,(H,21,23). The van der Waals surface area contributed by atoms with Crippen LogP contribution in [-0.2, 0) is 9.59 Å². The van der Waals surface area contributed by atoms with E-state index in [-0.39, 0.29) is 16.3 Å². The average molecular weight is 426 g/mol. The summed E-state index contributed by atoms with van der Waals surface area (Å²) in [6.07, 6.45) is 1.47. The smallest absolute Gasteiger partial charge is 0.282 e. The molecule has 2 aromatic rings. The summed E-state index contributed by atoms with van der Waals surface area (Å²) in [5.74, 6) is -1.09. The van der Waals surface area contributed by atoms with Crippen molar-refractivity contribution >= 4 is 51.1 Å². The number of amides is 2. The summed E-state index contributed by atoms with van der Waals surface area (Å²) in [7, 11) is 1.54. The number of hydrazine groups is 1. The summed E-state index contributed by atoms with van der Waals surface area (Å²) in [5, 5.41) is 0.883. The second-order valence-corrected chi connectivity index (χ2v) is 6.39. The minimum atomic E-state index is -0.609. The molecule has 8 heteroatoms. The van der Waals surface area contributed by atoms with Gasteiger partial charge < -0.3 is 4.74 Å². The Bertz CT molecular complexity index is 917. The average Bonchev–Trinajstić information content (AvgIpc) is 2.86. The molecule has 5 nitrogen and oxygen atoms in total. The first kappa shape index (κ1) is 17.4. The van der Waals surface area contributed by atoms with E-state index in [0.29, 0.717) is 15.8 Å². The summed E-state index contributed by atoms with van der Waals surface area (Å²) in [6.45, 7) is 0. The van der Waals surface area contributed by atoms with Crippen molar-refractivity contribution in [2.75, 3.05) is 12.1 Å². The van der Waals surface area contributed by atoms with Gasteiger partial charge in [-0.3, -0.25) is 15.0 Å². The molecule has 25 heavy (non-hydrogen) atoms. The summed E-state index contributed by atoms with van der Waals surface area (Å²) in [4.78, 5) is 24.7. The number of anilines is 1. The minimum Gasteiger partial charge on any atom is -0.496 e. The molecule has 0 spiro atoms. The molecule has 0 bridgehead atoms. The molecule has 1 aliphatic rings. The van der Waals surface area contributed by atoms with E-state index in [9.17, 15) is 14.0 Å². The zero-order chi connectivity index (χ0) is 18.1. The van der Waals surface area contributed by atoms with Crippen molar-refractivity contribution in [1.82, 2.24) is 5.43 Å². The Morgan fingerprint density at radius 1 is 1.24 bits per heavy atom. The van der Waals surface area contributed by atoms with E-state index >= 15 is 0 Å². The van der Waals surface area contributed by atoms with Gasteiger partial charge in [-0.1, -0.05) is 17.7 Å². The van der Waals surface area contributed by atoms with Crippen molar-refractivity contribution in [3.05, 3.63) is 62.8 Å². The highest BCUT2D eigenvalue weighted by Gasteiger charge is 2.34. The molecule has 0 saturated carbocycles. The Balaban J connectivity index is 1.93. The first-order valence-corrected chi connectivity index (χ1v) is 8.23. The third-order valence-corrected chi connectivity index (χ3v) is 4.45. The Morgan fingerprint density at radius 3 is 2.64 bits per heavy atom. The minimum absolute atomic E-state index is 0.0440. The van der Waals surface area contributed by atoms with Gasteiger partial charge in [0, 0.05) is 0 Å². The van der Waals surface area contributed by atoms with E-state index in [1.54, 1.807) is 18.2 Å². The second-order valence-electron chi connectivity index (χ2n) is 5.13. The van der Waals surface area contributed by atoms with E-state index in [4.69, 9.17) is 16.3 Å². The van der Waals surface area contributed by atoms with Gasteiger partial charge in [-0.2, -0.15) is 0 Å². The zero-order valence-electron chi connectivity index (χ0n) is 12.8. The number of carbonyl (C=O) groups excluding carboxylic acids is 2. The number of nitrogens with one attached hydrogen (secondary N) is 1. The highest BCUT2D eigenvalue weighted by atomic mass is 79.9. The van der Waals surface area contributed by atoms with E-state index < -0.39 is 17.6 Å². The molecule has 0 aliphatic carbocycles. The Hall–Kier alpha value is -2.38. The molecule has 128 valence electrons. The van der Waals surface area contributed by atoms with Gasteiger partial charge in [-0.15, -0.1) is 0 Å². The molecular formula is C17H11BrClFN2O3. The fraction of sp³-hybridized carbons (Fsp3) is 0.0588. The molecule has 0 atom stereocenters. The largest absolute Gasteiger partial charge is 0.496 e. The Labute approximate surface area is 156 Å². The quantitative estimate of drug-likeness (QED) is 0.602. The molecular weight excluding hydrogens is 415 g/mol. The van der Waals surface area contributed by atoms with Crippen LogP contribution in [0.2, 0.25) is 5.02 Å². The second kappa shape index (κ2) is 6.85. The number of hydrogen-bond acceptors (Lipinski definition) is 3. The van der Waals surface area contributed by atoms with Crippen LogP contribution in [-0.4, -0.2) is 18.9 Å². The monoisotopic (exact) mass is 424 g/mol. The maximum atomic E-state index is 13.3. The van der Waals surface area contributed by atoms with E-state index in [1.807, 2.05) is 0 Å². The van der Waals surface area contributed by atoms with Gasteiger partial charge in [0.1, 0.15) is 17.1 Å². The summed E-state index contributed by atoms with van der Waals surface area (Å²) >= 11 is 9.08. The summed E-state index contributed by atoms with van der Waals surface area (Å²) in [5.41, 5.74) is 3.30. The van der Waals surface area contributed by atoms with Crippen LogP contribution in [0, 0.1) is 5.82 Å². The van der Waals surface area contributed by atoms with Gasteiger partial charge in [0.15, 0.2) is 0 Å². The van der Waals surface area contributed by atoms with Gasteiger partial charge in [0.05, 0.1) is 22.3 Å². The predicted molar refractivity (Wildman–Crippen MR) is 95.7 cm³/mol. The third-order valence-electron chi connectivity index (χ3n) is 3.54. The van der Waals surface area contributed by atoms with Crippen molar-refractivity contribution in [2.45, 2.75) is 0 Å². The fourth-order valence-electron chi connectivity index (χ4n) is 2.30. The predicted octanol–water partition coefficient (Wildman–Crippen LogP) is 3.71. The van der Waals surface area contributed by atoms with Crippen LogP contribution in [0.25, 0.3) is 6.08 Å². The molecule has 0 aromatic heterocycles. The molecule has 1 saturated heterocycles. The van der Waals surface area contributed by atoms with Crippen molar-refractivity contribution in [2.24, 2.45) is 0 Å². The zero-order valence-corrected chi connectivity index (χ0v) is 15.2. The van der Waals surface area contributed by atoms with Gasteiger partial charge >= 0.3 is 0 Å². The molecule has 2 aromatic carbocycles. The number of methoxy groups -OCH3 is 1. The first-order valence-electron chi connectivity index (χ1n) is 7.06. The van der Waals surface area contributed by atoms with Crippen molar-refractivity contribution < 1.29 is 18.7 Å². The normalized spacial score (nSPS) is 15.7. The van der Waals surface area contributed by atoms with Crippen LogP contribution in [0.3, 0.4) is 0 Å². The van der Waals surface area contributed by atoms with Crippen molar-refractivity contribution in [3.63, 3.8) is 0 Å². The molecule has 1 heterocycles. The molecule has 1 fully saturated rings. The van der Waals surface area contributed by atoms with Crippen molar-refractivity contribution in [3.8, 4) is 5.75 Å². The van der Waals surface area contributed by atoms with Gasteiger partial charge in [0.2, 0.25) is 0 Å². The maximum Gasteiger partial charge on any atom is 0.282 e. The van der Waals surface area contributed by atoms with Crippen LogP contribution in [0.1, 0.15) is 5.56 Å². The summed E-state index contributed by atoms with van der Waals surface area (Å²) in [6, 6.07) is 8.90. The molecule has 1 N–H and O–H groups in total. The van der Waals surface area contributed by atoms with Gasteiger partial charge in [0.25, 0.3) is 11.8 Å². The Morgan fingerprint density at radius 2 is 2.00 bits per heavy atom. The topological polar surface area (TPSA) is 58.6 Å². The van der Waals surface area contributed by atoms with Gasteiger partial charge in [-0.25, -0.2) is 9.40 Å². The lowest BCUT2D eigenvalue weighted by Crippen LogP contribution is -2.35. The SMILES string of the molecule is COc1ccc(C=C2C(=O)NN(c3ccc(F)c(Cl)c3)C2=O)cc1Br. The van der Waals surface area contributed by atoms with E-state index in [1.165, 1.54) is 25.3 Å². The number of halogens is 3. The lowest BCUT2D eigenvalue weighted by molar-refractivity contribution is -0.117. The summed E-state index contributed by atoms with van der Waals surface area (Å²) < 4.78 is 19.1. The number of nitrogens with zero attached hydrogens (tertiary/aromatic N) is 1. The van der Waals surface area contributed by atoms with Crippen LogP contribution in [0.4, 0.5) is 10.1 Å².